The maximum atomic E-state index is 12.4. The maximum absolute atomic E-state index is 12.4. The summed E-state index contributed by atoms with van der Waals surface area (Å²) in [5.41, 5.74) is -1.19. The molecule has 0 saturated carbocycles. The Morgan fingerprint density at radius 3 is 2.40 bits per heavy atom. The molecule has 0 fully saturated rings. The van der Waals surface area contributed by atoms with Crippen LogP contribution in [0.25, 0.3) is 0 Å². The van der Waals surface area contributed by atoms with E-state index >= 15 is 0 Å². The fourth-order valence-electron chi connectivity index (χ4n) is 1.26. The van der Waals surface area contributed by atoms with Crippen molar-refractivity contribution in [3.05, 3.63) is 39.4 Å². The molecule has 1 aromatic rings. The molecule has 15 heavy (non-hydrogen) atoms. The first-order valence-electron chi connectivity index (χ1n) is 4.20. The Morgan fingerprint density at radius 1 is 1.40 bits per heavy atom. The van der Waals surface area contributed by atoms with E-state index in [9.17, 15) is 23.3 Å². The van der Waals surface area contributed by atoms with E-state index in [1.54, 1.807) is 0 Å². The Hall–Kier alpha value is -1.59. The minimum atomic E-state index is -4.46. The molecule has 0 aromatic heterocycles. The number of nitrogens with zero attached hydrogens (tertiary/aromatic N) is 1. The summed E-state index contributed by atoms with van der Waals surface area (Å²) in [4.78, 5) is 9.65. The smallest absolute Gasteiger partial charge is 0.258 e. The van der Waals surface area contributed by atoms with Crippen molar-refractivity contribution in [3.8, 4) is 0 Å². The molecule has 0 N–H and O–H groups in total. The van der Waals surface area contributed by atoms with Gasteiger partial charge in [0.1, 0.15) is 0 Å². The number of halogens is 3. The highest BCUT2D eigenvalue weighted by Gasteiger charge is 2.33. The molecular formula is C9H8F3NO2. The fraction of sp³-hybridized carbons (Fsp3) is 0.333. The number of aryl methyl sites for hydroxylation is 1. The molecule has 1 aromatic carbocycles. The number of hydrogen-bond donors (Lipinski definition) is 0. The molecule has 1 rings (SSSR count). The van der Waals surface area contributed by atoms with E-state index in [2.05, 4.69) is 0 Å². The summed E-state index contributed by atoms with van der Waals surface area (Å²) < 4.78 is 37.2. The fourth-order valence-corrected chi connectivity index (χ4v) is 1.26. The second-order valence-electron chi connectivity index (χ2n) is 2.95. The van der Waals surface area contributed by atoms with Gasteiger partial charge in [-0.3, -0.25) is 10.1 Å². The molecule has 3 nitrogen and oxygen atoms in total. The van der Waals surface area contributed by atoms with Crippen LogP contribution in [0.1, 0.15) is 18.1 Å². The van der Waals surface area contributed by atoms with E-state index in [1.807, 2.05) is 0 Å². The zero-order chi connectivity index (χ0) is 11.6. The van der Waals surface area contributed by atoms with E-state index in [0.717, 1.165) is 18.2 Å². The van der Waals surface area contributed by atoms with Crippen molar-refractivity contribution in [1.82, 2.24) is 0 Å². The first-order valence-corrected chi connectivity index (χ1v) is 4.20. The molecule has 0 bridgehead atoms. The Bertz CT molecular complexity index is 387. The molecule has 0 amide bonds. The number of nitro benzene ring substituents is 1. The van der Waals surface area contributed by atoms with Crippen LogP contribution in [0.2, 0.25) is 0 Å². The second-order valence-corrected chi connectivity index (χ2v) is 2.95. The van der Waals surface area contributed by atoms with Gasteiger partial charge in [-0.1, -0.05) is 6.92 Å². The van der Waals surface area contributed by atoms with Crippen LogP contribution in [0.5, 0.6) is 0 Å². The van der Waals surface area contributed by atoms with Gasteiger partial charge in [-0.15, -0.1) is 0 Å². The first-order chi connectivity index (χ1) is 6.86. The van der Waals surface area contributed by atoms with Gasteiger partial charge in [-0.2, -0.15) is 13.2 Å². The number of non-ortho nitro benzene ring substituents is 1. The van der Waals surface area contributed by atoms with Crippen LogP contribution in [0.3, 0.4) is 0 Å². The maximum Gasteiger partial charge on any atom is 0.416 e. The normalized spacial score (nSPS) is 11.5. The van der Waals surface area contributed by atoms with Crippen LogP contribution in [0.4, 0.5) is 18.9 Å². The predicted molar refractivity (Wildman–Crippen MR) is 47.5 cm³/mol. The van der Waals surface area contributed by atoms with Gasteiger partial charge in [0.15, 0.2) is 0 Å². The van der Waals surface area contributed by atoms with Crippen LogP contribution >= 0.6 is 0 Å². The van der Waals surface area contributed by atoms with E-state index in [4.69, 9.17) is 0 Å². The topological polar surface area (TPSA) is 43.1 Å². The number of hydrogen-bond acceptors (Lipinski definition) is 2. The monoisotopic (exact) mass is 219 g/mol. The number of benzene rings is 1. The molecule has 0 saturated heterocycles. The second kappa shape index (κ2) is 3.88. The lowest BCUT2D eigenvalue weighted by atomic mass is 10.0. The quantitative estimate of drug-likeness (QED) is 0.566. The van der Waals surface area contributed by atoms with Crippen LogP contribution < -0.4 is 0 Å². The Kier molecular flexibility index (Phi) is 2.97. The van der Waals surface area contributed by atoms with Gasteiger partial charge in [-0.25, -0.2) is 0 Å². The van der Waals surface area contributed by atoms with E-state index in [0.29, 0.717) is 0 Å². The zero-order valence-corrected chi connectivity index (χ0v) is 7.84. The molecule has 0 heterocycles. The van der Waals surface area contributed by atoms with Gasteiger partial charge in [-0.05, 0) is 18.1 Å². The van der Waals surface area contributed by atoms with E-state index in [1.165, 1.54) is 6.92 Å². The van der Waals surface area contributed by atoms with Gasteiger partial charge < -0.3 is 0 Å². The SMILES string of the molecule is CCc1cc([N+](=O)[O-])ccc1C(F)(F)F. The van der Waals surface area contributed by atoms with Crippen molar-refractivity contribution in [1.29, 1.82) is 0 Å². The summed E-state index contributed by atoms with van der Waals surface area (Å²) in [5.74, 6) is 0. The average Bonchev–Trinajstić information content (AvgIpc) is 2.15. The van der Waals surface area contributed by atoms with Crippen molar-refractivity contribution in [2.75, 3.05) is 0 Å². The molecule has 0 aliphatic carbocycles. The third kappa shape index (κ3) is 2.45. The summed E-state index contributed by atoms with van der Waals surface area (Å²) in [6.45, 7) is 1.52. The molecule has 0 aliphatic heterocycles. The highest BCUT2D eigenvalue weighted by Crippen LogP contribution is 2.33. The lowest BCUT2D eigenvalue weighted by molar-refractivity contribution is -0.385. The largest absolute Gasteiger partial charge is 0.416 e. The van der Waals surface area contributed by atoms with Crippen molar-refractivity contribution in [3.63, 3.8) is 0 Å². The molecular weight excluding hydrogens is 211 g/mol. The lowest BCUT2D eigenvalue weighted by Crippen LogP contribution is -2.09. The average molecular weight is 219 g/mol. The Balaban J connectivity index is 3.27. The lowest BCUT2D eigenvalue weighted by Gasteiger charge is -2.10. The van der Waals surface area contributed by atoms with Gasteiger partial charge in [0.2, 0.25) is 0 Å². The minimum absolute atomic E-state index is 0.0586. The van der Waals surface area contributed by atoms with Crippen molar-refractivity contribution in [2.45, 2.75) is 19.5 Å². The summed E-state index contributed by atoms with van der Waals surface area (Å²) >= 11 is 0. The van der Waals surface area contributed by atoms with Gasteiger partial charge >= 0.3 is 6.18 Å². The Morgan fingerprint density at radius 2 is 2.00 bits per heavy atom. The van der Waals surface area contributed by atoms with Crippen LogP contribution in [-0.2, 0) is 12.6 Å². The molecule has 0 unspecified atom stereocenters. The third-order valence-electron chi connectivity index (χ3n) is 1.99. The predicted octanol–water partition coefficient (Wildman–Crippen LogP) is 3.18. The van der Waals surface area contributed by atoms with Gasteiger partial charge in [0, 0.05) is 12.1 Å². The molecule has 6 heteroatoms. The van der Waals surface area contributed by atoms with Crippen LogP contribution in [-0.4, -0.2) is 4.92 Å². The van der Waals surface area contributed by atoms with Crippen molar-refractivity contribution < 1.29 is 18.1 Å². The number of alkyl halides is 3. The van der Waals surface area contributed by atoms with Crippen LogP contribution in [0.15, 0.2) is 18.2 Å². The minimum Gasteiger partial charge on any atom is -0.258 e. The molecule has 0 atom stereocenters. The van der Waals surface area contributed by atoms with Gasteiger partial charge in [0.05, 0.1) is 10.5 Å². The molecule has 0 radical (unpaired) electrons. The zero-order valence-electron chi connectivity index (χ0n) is 7.84. The van der Waals surface area contributed by atoms with E-state index < -0.39 is 16.7 Å². The molecule has 82 valence electrons. The summed E-state index contributed by atoms with van der Waals surface area (Å²) in [6, 6.07) is 2.57. The first kappa shape index (κ1) is 11.5. The molecule has 0 aliphatic rings. The van der Waals surface area contributed by atoms with Gasteiger partial charge in [0.25, 0.3) is 5.69 Å². The van der Waals surface area contributed by atoms with Crippen molar-refractivity contribution >= 4 is 5.69 Å². The highest BCUT2D eigenvalue weighted by molar-refractivity contribution is 5.41. The Labute approximate surface area is 83.7 Å². The highest BCUT2D eigenvalue weighted by atomic mass is 19.4. The number of nitro groups is 1. The molecule has 0 spiro atoms. The summed E-state index contributed by atoms with van der Waals surface area (Å²) in [7, 11) is 0. The number of rotatable bonds is 2. The third-order valence-corrected chi connectivity index (χ3v) is 1.99. The standard InChI is InChI=1S/C9H8F3NO2/c1-2-6-5-7(13(14)15)3-4-8(6)9(10,11)12/h3-5H,2H2,1H3. The van der Waals surface area contributed by atoms with E-state index in [-0.39, 0.29) is 17.7 Å². The van der Waals surface area contributed by atoms with Crippen molar-refractivity contribution in [2.24, 2.45) is 0 Å². The van der Waals surface area contributed by atoms with Crippen LogP contribution in [0, 0.1) is 10.1 Å². The summed E-state index contributed by atoms with van der Waals surface area (Å²) in [6.07, 6.45) is -4.35. The summed E-state index contributed by atoms with van der Waals surface area (Å²) in [5, 5.41) is 10.4.